The van der Waals surface area contributed by atoms with Crippen LogP contribution in [0.4, 0.5) is 0 Å². The summed E-state index contributed by atoms with van der Waals surface area (Å²) in [6.45, 7) is 8.68. The minimum absolute atomic E-state index is 0.382. The highest BCUT2D eigenvalue weighted by atomic mass is 16.4. The molecule has 3 N–H and O–H groups in total. The number of carboxylic acid groups (broad SMARTS) is 1. The zero-order valence-corrected chi connectivity index (χ0v) is 17.4. The van der Waals surface area contributed by atoms with Gasteiger partial charge in [-0.05, 0) is 55.7 Å². The Bertz CT molecular complexity index is 602. The highest BCUT2D eigenvalue weighted by Gasteiger charge is 2.35. The summed E-state index contributed by atoms with van der Waals surface area (Å²) in [7, 11) is 0. The molecule has 0 radical (unpaired) electrons. The number of hydrogen-bond donors (Lipinski definition) is 2. The van der Waals surface area contributed by atoms with Crippen LogP contribution in [0.15, 0.2) is 24.3 Å². The molecule has 2 rings (SSSR count). The minimum atomic E-state index is -1.09. The van der Waals surface area contributed by atoms with Gasteiger partial charge in [-0.15, -0.1) is 0 Å². The number of benzene rings is 1. The topological polar surface area (TPSA) is 66.6 Å². The Labute approximate surface area is 165 Å². The number of nitrogens with zero attached hydrogens (tertiary/aromatic N) is 1. The first-order chi connectivity index (χ1) is 12.9. The molecule has 0 saturated heterocycles. The van der Waals surface area contributed by atoms with Gasteiger partial charge in [0.15, 0.2) is 0 Å². The van der Waals surface area contributed by atoms with Crippen molar-refractivity contribution in [2.24, 2.45) is 11.7 Å². The number of hydrogen-bond acceptors (Lipinski definition) is 3. The summed E-state index contributed by atoms with van der Waals surface area (Å²) < 4.78 is 0. The van der Waals surface area contributed by atoms with Crippen molar-refractivity contribution in [1.29, 1.82) is 0 Å². The van der Waals surface area contributed by atoms with Gasteiger partial charge in [0, 0.05) is 12.6 Å². The molecule has 0 fully saturated rings. The summed E-state index contributed by atoms with van der Waals surface area (Å²) in [4.78, 5) is 14.4. The lowest BCUT2D eigenvalue weighted by molar-refractivity contribution is -0.144. The lowest BCUT2D eigenvalue weighted by Gasteiger charge is -2.39. The van der Waals surface area contributed by atoms with Gasteiger partial charge in [-0.2, -0.15) is 0 Å². The summed E-state index contributed by atoms with van der Waals surface area (Å²) in [5.74, 6) is -0.173. The molecular weight excluding hydrogens is 336 g/mol. The summed E-state index contributed by atoms with van der Waals surface area (Å²) in [5.41, 5.74) is 8.08. The average Bonchev–Trinajstić information content (AvgIpc) is 2.64. The van der Waals surface area contributed by atoms with E-state index in [2.05, 4.69) is 49.9 Å². The van der Waals surface area contributed by atoms with Crippen LogP contribution in [-0.4, -0.2) is 34.1 Å². The van der Waals surface area contributed by atoms with Gasteiger partial charge < -0.3 is 10.8 Å². The van der Waals surface area contributed by atoms with Crippen LogP contribution in [0.3, 0.4) is 0 Å². The molecule has 0 amide bonds. The maximum Gasteiger partial charge on any atom is 0.323 e. The average molecular weight is 375 g/mol. The van der Waals surface area contributed by atoms with E-state index in [4.69, 9.17) is 5.73 Å². The molecule has 2 atom stereocenters. The SMILES string of the molecule is CCCCCC(N)(CCC1Cc2ccccc2CN1CCC(C)C)C(=O)O. The standard InChI is InChI=1S/C23H38N2O2/c1-4-5-8-13-23(24,22(26)27)14-11-21-16-19-9-6-7-10-20(19)17-25(21)15-12-18(2)3/h6-7,9-10,18,21H,4-5,8,11-17,24H2,1-3H3,(H,26,27). The first-order valence-electron chi connectivity index (χ1n) is 10.7. The fourth-order valence-electron chi connectivity index (χ4n) is 4.07. The van der Waals surface area contributed by atoms with Gasteiger partial charge in [0.05, 0.1) is 0 Å². The first kappa shape index (κ1) is 21.9. The third kappa shape index (κ3) is 6.32. The number of unbranched alkanes of at least 4 members (excludes halogenated alkanes) is 2. The molecule has 1 aromatic rings. The smallest absolute Gasteiger partial charge is 0.323 e. The van der Waals surface area contributed by atoms with Gasteiger partial charge >= 0.3 is 5.97 Å². The monoisotopic (exact) mass is 374 g/mol. The molecule has 1 aliphatic heterocycles. The molecule has 0 bridgehead atoms. The molecule has 0 saturated carbocycles. The Morgan fingerprint density at radius 1 is 1.26 bits per heavy atom. The Kier molecular flexibility index (Phi) is 8.30. The molecule has 27 heavy (non-hydrogen) atoms. The summed E-state index contributed by atoms with van der Waals surface area (Å²) in [6, 6.07) is 9.05. The molecular formula is C23H38N2O2. The summed E-state index contributed by atoms with van der Waals surface area (Å²) >= 11 is 0. The normalized spacial score (nSPS) is 19.7. The molecule has 1 aliphatic rings. The Balaban J connectivity index is 2.06. The summed E-state index contributed by atoms with van der Waals surface area (Å²) in [6.07, 6.45) is 7.16. The van der Waals surface area contributed by atoms with Crippen molar-refractivity contribution in [2.45, 2.75) is 90.3 Å². The van der Waals surface area contributed by atoms with Gasteiger partial charge in [0.1, 0.15) is 5.54 Å². The van der Waals surface area contributed by atoms with Gasteiger partial charge in [-0.1, -0.05) is 64.3 Å². The predicted octanol–water partition coefficient (Wildman–Crippen LogP) is 4.60. The zero-order valence-electron chi connectivity index (χ0n) is 17.4. The highest BCUT2D eigenvalue weighted by molar-refractivity contribution is 5.78. The quantitative estimate of drug-likeness (QED) is 0.555. The Hall–Kier alpha value is -1.39. The van der Waals surface area contributed by atoms with Crippen LogP contribution in [0.1, 0.15) is 76.8 Å². The van der Waals surface area contributed by atoms with E-state index in [-0.39, 0.29) is 0 Å². The van der Waals surface area contributed by atoms with E-state index in [1.54, 1.807) is 0 Å². The molecule has 4 heteroatoms. The van der Waals surface area contributed by atoms with Gasteiger partial charge in [-0.3, -0.25) is 9.69 Å². The third-order valence-corrected chi connectivity index (χ3v) is 6.03. The lowest BCUT2D eigenvalue weighted by Crippen LogP contribution is -2.50. The van der Waals surface area contributed by atoms with Crippen molar-refractivity contribution in [3.8, 4) is 0 Å². The van der Waals surface area contributed by atoms with E-state index in [1.165, 1.54) is 17.5 Å². The zero-order chi connectivity index (χ0) is 19.9. The number of aliphatic carboxylic acids is 1. The fraction of sp³-hybridized carbons (Fsp3) is 0.696. The van der Waals surface area contributed by atoms with Crippen LogP contribution < -0.4 is 5.73 Å². The van der Waals surface area contributed by atoms with Crippen molar-refractivity contribution < 1.29 is 9.90 Å². The van der Waals surface area contributed by atoms with Crippen LogP contribution in [0.5, 0.6) is 0 Å². The lowest BCUT2D eigenvalue weighted by atomic mass is 9.84. The van der Waals surface area contributed by atoms with Gasteiger partial charge in [-0.25, -0.2) is 0 Å². The number of carboxylic acids is 1. The van der Waals surface area contributed by atoms with Crippen LogP contribution in [0.2, 0.25) is 0 Å². The van der Waals surface area contributed by atoms with E-state index in [9.17, 15) is 9.90 Å². The summed E-state index contributed by atoms with van der Waals surface area (Å²) in [5, 5.41) is 9.72. The fourth-order valence-corrected chi connectivity index (χ4v) is 4.07. The van der Waals surface area contributed by atoms with Crippen LogP contribution >= 0.6 is 0 Å². The second-order valence-corrected chi connectivity index (χ2v) is 8.74. The van der Waals surface area contributed by atoms with Crippen molar-refractivity contribution in [3.63, 3.8) is 0 Å². The molecule has 2 unspecified atom stereocenters. The van der Waals surface area contributed by atoms with E-state index < -0.39 is 11.5 Å². The van der Waals surface area contributed by atoms with E-state index in [0.717, 1.165) is 45.2 Å². The van der Waals surface area contributed by atoms with E-state index in [1.807, 2.05) is 0 Å². The number of nitrogens with two attached hydrogens (primary N) is 1. The van der Waals surface area contributed by atoms with Crippen LogP contribution in [0.25, 0.3) is 0 Å². The minimum Gasteiger partial charge on any atom is -0.480 e. The molecule has 4 nitrogen and oxygen atoms in total. The molecule has 0 spiro atoms. The van der Waals surface area contributed by atoms with Crippen molar-refractivity contribution in [1.82, 2.24) is 4.90 Å². The maximum atomic E-state index is 11.8. The molecule has 152 valence electrons. The molecule has 1 aromatic carbocycles. The third-order valence-electron chi connectivity index (χ3n) is 6.03. The van der Waals surface area contributed by atoms with Crippen LogP contribution in [0, 0.1) is 5.92 Å². The second-order valence-electron chi connectivity index (χ2n) is 8.74. The van der Waals surface area contributed by atoms with Crippen molar-refractivity contribution in [3.05, 3.63) is 35.4 Å². The van der Waals surface area contributed by atoms with Crippen LogP contribution in [-0.2, 0) is 17.8 Å². The van der Waals surface area contributed by atoms with Gasteiger partial charge in [0.2, 0.25) is 0 Å². The Morgan fingerprint density at radius 3 is 2.59 bits per heavy atom. The van der Waals surface area contributed by atoms with E-state index >= 15 is 0 Å². The number of carbonyl (C=O) groups is 1. The maximum absolute atomic E-state index is 11.8. The van der Waals surface area contributed by atoms with Gasteiger partial charge in [0.25, 0.3) is 0 Å². The largest absolute Gasteiger partial charge is 0.480 e. The van der Waals surface area contributed by atoms with Crippen molar-refractivity contribution >= 4 is 5.97 Å². The molecule has 0 aromatic heterocycles. The number of rotatable bonds is 11. The first-order valence-corrected chi connectivity index (χ1v) is 10.7. The molecule has 1 heterocycles. The number of fused-ring (bicyclic) bond motifs is 1. The molecule has 0 aliphatic carbocycles. The Morgan fingerprint density at radius 2 is 1.96 bits per heavy atom. The van der Waals surface area contributed by atoms with Crippen molar-refractivity contribution in [2.75, 3.05) is 6.54 Å². The van der Waals surface area contributed by atoms with E-state index in [0.29, 0.717) is 24.8 Å². The predicted molar refractivity (Wildman–Crippen MR) is 112 cm³/mol. The highest BCUT2D eigenvalue weighted by Crippen LogP contribution is 2.29. The second kappa shape index (κ2) is 10.2.